The minimum atomic E-state index is -1.01. The summed E-state index contributed by atoms with van der Waals surface area (Å²) in [6, 6.07) is 32.1. The SMILES string of the molecule is C[C@]12C=CCN(Cc3ccccc3)C(=O)[C@H]1[C@H]1C(=O)N([C@@H](CO)Cc3ccccc3)C3C(=O)N(c4ccc5ccccc5c4)CC=C[C@@]31S2. The Labute approximate surface area is 290 Å². The van der Waals surface area contributed by atoms with Crippen LogP contribution in [0.5, 0.6) is 0 Å². The number of aliphatic hydroxyl groups is 1. The van der Waals surface area contributed by atoms with Crippen molar-refractivity contribution in [3.63, 3.8) is 0 Å². The summed E-state index contributed by atoms with van der Waals surface area (Å²) < 4.78 is -1.73. The van der Waals surface area contributed by atoms with Gasteiger partial charge in [-0.15, -0.1) is 11.8 Å². The summed E-state index contributed by atoms with van der Waals surface area (Å²) >= 11 is 1.57. The number of carbonyl (C=O) groups excluding carboxylic acids is 3. The topological polar surface area (TPSA) is 81.2 Å². The van der Waals surface area contributed by atoms with Gasteiger partial charge in [0, 0.05) is 30.1 Å². The molecule has 0 radical (unpaired) electrons. The lowest BCUT2D eigenvalue weighted by Gasteiger charge is -2.40. The van der Waals surface area contributed by atoms with Gasteiger partial charge in [0.2, 0.25) is 11.8 Å². The van der Waals surface area contributed by atoms with Gasteiger partial charge in [0.15, 0.2) is 0 Å². The standard InChI is InChI=1S/C41H39N3O4S/c1-40-20-10-22-42(26-29-14-6-3-7-15-29)37(46)34(40)35-38(47)44(33(27-45)24-28-12-4-2-5-13-28)36-39(48)43(23-11-21-41(35,36)49-40)32-19-18-30-16-8-9-17-31(30)25-32/h2-21,25,33-36,45H,22-24,26-27H2,1H3/t33-,34-,35+,36?,40+,41+/m1/s1. The van der Waals surface area contributed by atoms with Gasteiger partial charge in [0.05, 0.1) is 29.2 Å². The Kier molecular flexibility index (Phi) is 7.96. The van der Waals surface area contributed by atoms with E-state index in [1.807, 2.05) is 133 Å². The third kappa shape index (κ3) is 5.20. The average molecular weight is 670 g/mol. The van der Waals surface area contributed by atoms with Gasteiger partial charge in [-0.2, -0.15) is 0 Å². The van der Waals surface area contributed by atoms with Gasteiger partial charge in [0.25, 0.3) is 5.91 Å². The number of nitrogens with zero attached hydrogens (tertiary/aromatic N) is 3. The number of likely N-dealkylation sites (tertiary alicyclic amines) is 1. The monoisotopic (exact) mass is 669 g/mol. The van der Waals surface area contributed by atoms with Crippen molar-refractivity contribution < 1.29 is 19.5 Å². The minimum Gasteiger partial charge on any atom is -0.394 e. The largest absolute Gasteiger partial charge is 0.394 e. The molecule has 1 spiro atoms. The molecule has 6 atom stereocenters. The molecular weight excluding hydrogens is 631 g/mol. The first kappa shape index (κ1) is 31.6. The highest BCUT2D eigenvalue weighted by molar-refractivity contribution is 8.02. The quantitative estimate of drug-likeness (QED) is 0.258. The maximum absolute atomic E-state index is 15.2. The molecule has 3 amide bonds. The molecule has 0 bridgehead atoms. The molecule has 2 fully saturated rings. The van der Waals surface area contributed by atoms with Gasteiger partial charge in [-0.25, -0.2) is 0 Å². The van der Waals surface area contributed by atoms with Crippen LogP contribution in [0.15, 0.2) is 127 Å². The molecule has 1 unspecified atom stereocenters. The minimum absolute atomic E-state index is 0.0835. The summed E-state index contributed by atoms with van der Waals surface area (Å²) in [5, 5.41) is 13.0. The van der Waals surface area contributed by atoms with Crippen molar-refractivity contribution >= 4 is 45.9 Å². The number of hydrogen-bond donors (Lipinski definition) is 1. The van der Waals surface area contributed by atoms with E-state index in [9.17, 15) is 9.90 Å². The Balaban J connectivity index is 1.24. The first-order valence-corrected chi connectivity index (χ1v) is 17.8. The van der Waals surface area contributed by atoms with E-state index in [1.54, 1.807) is 21.6 Å². The number of fused-ring (bicyclic) bond motifs is 3. The first-order chi connectivity index (χ1) is 23.8. The van der Waals surface area contributed by atoms with E-state index in [4.69, 9.17) is 0 Å². The summed E-state index contributed by atoms with van der Waals surface area (Å²) in [6.45, 7) is 2.94. The highest BCUT2D eigenvalue weighted by Gasteiger charge is 2.74. The molecular formula is C41H39N3O4S. The van der Waals surface area contributed by atoms with Crippen molar-refractivity contribution in [1.29, 1.82) is 0 Å². The number of benzene rings is 4. The molecule has 8 rings (SSSR count). The smallest absolute Gasteiger partial charge is 0.251 e. The van der Waals surface area contributed by atoms with Crippen molar-refractivity contribution in [2.75, 3.05) is 24.6 Å². The molecule has 4 aromatic rings. The van der Waals surface area contributed by atoms with E-state index in [-0.39, 0.29) is 24.3 Å². The number of hydrogen-bond acceptors (Lipinski definition) is 5. The van der Waals surface area contributed by atoms with Crippen LogP contribution in [-0.4, -0.2) is 73.9 Å². The lowest BCUT2D eigenvalue weighted by atomic mass is 9.74. The van der Waals surface area contributed by atoms with Gasteiger partial charge in [0.1, 0.15) is 6.04 Å². The second-order valence-electron chi connectivity index (χ2n) is 13.8. The van der Waals surface area contributed by atoms with Gasteiger partial charge in [-0.3, -0.25) is 14.4 Å². The van der Waals surface area contributed by atoms with Crippen LogP contribution < -0.4 is 4.90 Å². The Morgan fingerprint density at radius 1 is 0.755 bits per heavy atom. The van der Waals surface area contributed by atoms with Crippen molar-refractivity contribution in [3.05, 3.63) is 139 Å². The van der Waals surface area contributed by atoms with Crippen LogP contribution in [0, 0.1) is 11.8 Å². The lowest BCUT2D eigenvalue weighted by molar-refractivity contribution is -0.145. The number of anilines is 1. The van der Waals surface area contributed by atoms with E-state index in [1.165, 1.54) is 0 Å². The van der Waals surface area contributed by atoms with Gasteiger partial charge in [-0.1, -0.05) is 115 Å². The van der Waals surface area contributed by atoms with E-state index in [0.717, 1.165) is 27.6 Å². The van der Waals surface area contributed by atoms with Crippen molar-refractivity contribution in [3.8, 4) is 0 Å². The number of carbonyl (C=O) groups is 3. The molecule has 4 heterocycles. The second kappa shape index (κ2) is 12.3. The summed E-state index contributed by atoms with van der Waals surface area (Å²) in [6.07, 6.45) is 8.56. The summed E-state index contributed by atoms with van der Waals surface area (Å²) in [7, 11) is 0. The molecule has 0 aliphatic carbocycles. The number of amides is 3. The van der Waals surface area contributed by atoms with Gasteiger partial charge < -0.3 is 19.8 Å². The zero-order valence-electron chi connectivity index (χ0n) is 27.4. The third-order valence-corrected chi connectivity index (χ3v) is 12.6. The van der Waals surface area contributed by atoms with Crippen LogP contribution in [0.3, 0.4) is 0 Å². The van der Waals surface area contributed by atoms with Crippen LogP contribution >= 0.6 is 11.8 Å². The molecule has 4 aromatic carbocycles. The Morgan fingerprint density at radius 2 is 1.43 bits per heavy atom. The van der Waals surface area contributed by atoms with Crippen molar-refractivity contribution in [2.45, 2.75) is 41.5 Å². The van der Waals surface area contributed by atoms with E-state index < -0.39 is 33.4 Å². The van der Waals surface area contributed by atoms with Gasteiger partial charge in [-0.05, 0) is 47.4 Å². The molecule has 2 saturated heterocycles. The number of thioether (sulfide) groups is 1. The fourth-order valence-corrected chi connectivity index (χ4v) is 10.7. The highest BCUT2D eigenvalue weighted by atomic mass is 32.2. The normalized spacial score (nSPS) is 28.3. The first-order valence-electron chi connectivity index (χ1n) is 17.0. The predicted octanol–water partition coefficient (Wildman–Crippen LogP) is 5.63. The summed E-state index contributed by atoms with van der Waals surface area (Å²) in [5.41, 5.74) is 2.73. The molecule has 7 nitrogen and oxygen atoms in total. The summed E-state index contributed by atoms with van der Waals surface area (Å²) in [4.78, 5) is 50.3. The Bertz CT molecular complexity index is 1980. The fourth-order valence-electron chi connectivity index (χ4n) is 8.56. The van der Waals surface area contributed by atoms with Crippen LogP contribution in [0.2, 0.25) is 0 Å². The molecule has 248 valence electrons. The van der Waals surface area contributed by atoms with Gasteiger partial charge >= 0.3 is 0 Å². The molecule has 1 N–H and O–H groups in total. The maximum Gasteiger partial charge on any atom is 0.251 e. The Morgan fingerprint density at radius 3 is 2.16 bits per heavy atom. The van der Waals surface area contributed by atoms with Crippen LogP contribution in [0.4, 0.5) is 5.69 Å². The Hall–Kier alpha value is -4.66. The van der Waals surface area contributed by atoms with Crippen molar-refractivity contribution in [2.24, 2.45) is 11.8 Å². The molecule has 4 aliphatic heterocycles. The second-order valence-corrected chi connectivity index (χ2v) is 15.5. The maximum atomic E-state index is 15.2. The van der Waals surface area contributed by atoms with Crippen LogP contribution in [0.1, 0.15) is 18.1 Å². The predicted molar refractivity (Wildman–Crippen MR) is 194 cm³/mol. The van der Waals surface area contributed by atoms with E-state index >= 15 is 9.59 Å². The number of aliphatic hydroxyl groups excluding tert-OH is 1. The molecule has 0 saturated carbocycles. The molecule has 0 aromatic heterocycles. The highest BCUT2D eigenvalue weighted by Crippen LogP contribution is 2.66. The van der Waals surface area contributed by atoms with E-state index in [2.05, 4.69) is 6.08 Å². The summed E-state index contributed by atoms with van der Waals surface area (Å²) in [5.74, 6) is -2.02. The fraction of sp³-hybridized carbons (Fsp3) is 0.293. The zero-order chi connectivity index (χ0) is 33.8. The molecule has 4 aliphatic rings. The molecule has 49 heavy (non-hydrogen) atoms. The lowest BCUT2D eigenvalue weighted by Crippen LogP contribution is -2.57. The zero-order valence-corrected chi connectivity index (χ0v) is 28.2. The number of rotatable bonds is 7. The van der Waals surface area contributed by atoms with Crippen LogP contribution in [0.25, 0.3) is 10.8 Å². The third-order valence-electron chi connectivity index (χ3n) is 10.8. The van der Waals surface area contributed by atoms with E-state index in [0.29, 0.717) is 26.1 Å². The molecule has 8 heteroatoms. The average Bonchev–Trinajstić information content (AvgIpc) is 3.40. The van der Waals surface area contributed by atoms with Crippen molar-refractivity contribution in [1.82, 2.24) is 9.80 Å². The van der Waals surface area contributed by atoms with Crippen LogP contribution in [-0.2, 0) is 27.3 Å².